The quantitative estimate of drug-likeness (QED) is 0.639. The highest BCUT2D eigenvalue weighted by molar-refractivity contribution is 6.04. The molecule has 2 atom stereocenters. The van der Waals surface area contributed by atoms with E-state index in [-0.39, 0.29) is 11.3 Å². The van der Waals surface area contributed by atoms with Gasteiger partial charge in [-0.25, -0.2) is 0 Å². The van der Waals surface area contributed by atoms with Gasteiger partial charge in [0.1, 0.15) is 6.04 Å². The summed E-state index contributed by atoms with van der Waals surface area (Å²) in [5.74, 6) is -5.08. The molecule has 0 aliphatic carbocycles. The van der Waals surface area contributed by atoms with Crippen molar-refractivity contribution in [2.45, 2.75) is 12.2 Å². The van der Waals surface area contributed by atoms with Crippen LogP contribution in [0.3, 0.4) is 0 Å². The van der Waals surface area contributed by atoms with Crippen LogP contribution in [-0.2, 0) is 9.53 Å². The number of esters is 1. The number of rotatable bonds is 6. The van der Waals surface area contributed by atoms with Gasteiger partial charge in [0.05, 0.1) is 12.8 Å². The number of nitrogens with one attached hydrogen (secondary N) is 1. The minimum atomic E-state index is -4.97. The van der Waals surface area contributed by atoms with Gasteiger partial charge in [-0.1, -0.05) is 30.3 Å². The summed E-state index contributed by atoms with van der Waals surface area (Å²) in [5, 5.41) is 2.47. The lowest BCUT2D eigenvalue weighted by Gasteiger charge is -2.27. The third kappa shape index (κ3) is 4.56. The number of aromatic nitrogens is 1. The van der Waals surface area contributed by atoms with Crippen LogP contribution in [0.2, 0.25) is 0 Å². The van der Waals surface area contributed by atoms with E-state index in [0.29, 0.717) is 0 Å². The van der Waals surface area contributed by atoms with Crippen molar-refractivity contribution in [1.82, 2.24) is 4.98 Å². The van der Waals surface area contributed by atoms with Crippen molar-refractivity contribution in [3.05, 3.63) is 60.4 Å². The van der Waals surface area contributed by atoms with Crippen LogP contribution in [0.4, 0.5) is 18.9 Å². The van der Waals surface area contributed by atoms with Crippen molar-refractivity contribution in [1.29, 1.82) is 0 Å². The first-order valence-corrected chi connectivity index (χ1v) is 7.25. The lowest BCUT2D eigenvalue weighted by Crippen LogP contribution is -2.49. The van der Waals surface area contributed by atoms with Crippen molar-refractivity contribution in [2.75, 3.05) is 12.4 Å². The topological polar surface area (TPSA) is 68.3 Å². The van der Waals surface area contributed by atoms with Crippen molar-refractivity contribution in [3.63, 3.8) is 0 Å². The molecule has 0 aliphatic heterocycles. The second-order valence-electron chi connectivity index (χ2n) is 5.14. The summed E-state index contributed by atoms with van der Waals surface area (Å²) in [5.41, 5.74) is 0.219. The number of anilines is 1. The van der Waals surface area contributed by atoms with Crippen LogP contribution < -0.4 is 5.32 Å². The number of alkyl halides is 3. The molecule has 2 aromatic rings. The second kappa shape index (κ2) is 7.78. The smallest absolute Gasteiger partial charge is 0.404 e. The fourth-order valence-electron chi connectivity index (χ4n) is 2.30. The summed E-state index contributed by atoms with van der Waals surface area (Å²) in [4.78, 5) is 28.2. The van der Waals surface area contributed by atoms with Crippen molar-refractivity contribution in [3.8, 4) is 0 Å². The van der Waals surface area contributed by atoms with Gasteiger partial charge in [0, 0.05) is 18.0 Å². The Labute approximate surface area is 141 Å². The number of pyridine rings is 1. The molecule has 0 radical (unpaired) electrons. The molecule has 1 N–H and O–H groups in total. The van der Waals surface area contributed by atoms with E-state index in [9.17, 15) is 22.8 Å². The number of Topliss-reactive ketones (excluding diaryl/α,β-unsaturated/α-hetero) is 1. The Morgan fingerprint density at radius 1 is 1.12 bits per heavy atom. The first-order valence-electron chi connectivity index (χ1n) is 7.25. The molecule has 0 unspecified atom stereocenters. The van der Waals surface area contributed by atoms with Crippen LogP contribution in [0.15, 0.2) is 54.9 Å². The van der Waals surface area contributed by atoms with E-state index >= 15 is 0 Å². The number of carbonyl (C=O) groups is 2. The fourth-order valence-corrected chi connectivity index (χ4v) is 2.30. The van der Waals surface area contributed by atoms with Gasteiger partial charge in [-0.2, -0.15) is 13.2 Å². The number of benzene rings is 1. The van der Waals surface area contributed by atoms with Crippen LogP contribution in [0, 0.1) is 5.92 Å². The average Bonchev–Trinajstić information content (AvgIpc) is 2.61. The normalized spacial score (nSPS) is 13.6. The van der Waals surface area contributed by atoms with E-state index in [0.717, 1.165) is 7.11 Å². The zero-order chi connectivity index (χ0) is 18.4. The Hall–Kier alpha value is -2.90. The van der Waals surface area contributed by atoms with Gasteiger partial charge < -0.3 is 10.1 Å². The van der Waals surface area contributed by atoms with E-state index in [1.165, 1.54) is 48.8 Å². The average molecular weight is 352 g/mol. The van der Waals surface area contributed by atoms with Crippen LogP contribution in [0.5, 0.6) is 0 Å². The fraction of sp³-hybridized carbons (Fsp3) is 0.235. The van der Waals surface area contributed by atoms with E-state index in [4.69, 9.17) is 0 Å². The first-order chi connectivity index (χ1) is 11.8. The molecule has 1 aromatic heterocycles. The van der Waals surface area contributed by atoms with Crippen LogP contribution >= 0.6 is 0 Å². The first kappa shape index (κ1) is 18.4. The Morgan fingerprint density at radius 3 is 2.32 bits per heavy atom. The van der Waals surface area contributed by atoms with E-state index in [2.05, 4.69) is 15.0 Å². The minimum Gasteiger partial charge on any atom is -0.468 e. The molecule has 1 heterocycles. The number of methoxy groups -OCH3 is 1. The molecular weight excluding hydrogens is 337 g/mol. The SMILES string of the molecule is COC(=O)[C@H]([C@@H](Nc1cccnc1)C(=O)c1ccccc1)C(F)(F)F. The number of hydrogen-bond donors (Lipinski definition) is 1. The Kier molecular flexibility index (Phi) is 5.74. The number of hydrogen-bond acceptors (Lipinski definition) is 5. The zero-order valence-electron chi connectivity index (χ0n) is 13.2. The molecule has 8 heteroatoms. The van der Waals surface area contributed by atoms with Crippen LogP contribution in [0.25, 0.3) is 0 Å². The summed E-state index contributed by atoms with van der Waals surface area (Å²) in [6, 6.07) is 8.48. The maximum absolute atomic E-state index is 13.5. The molecule has 0 saturated carbocycles. The summed E-state index contributed by atoms with van der Waals surface area (Å²) >= 11 is 0. The monoisotopic (exact) mass is 352 g/mol. The van der Waals surface area contributed by atoms with Gasteiger partial charge in [0.15, 0.2) is 11.7 Å². The molecule has 25 heavy (non-hydrogen) atoms. The predicted molar refractivity (Wildman–Crippen MR) is 84.0 cm³/mol. The third-order valence-electron chi connectivity index (χ3n) is 3.47. The lowest BCUT2D eigenvalue weighted by atomic mass is 9.91. The number of ketones is 1. The van der Waals surface area contributed by atoms with Crippen molar-refractivity contribution < 1.29 is 27.5 Å². The highest BCUT2D eigenvalue weighted by Gasteiger charge is 2.53. The summed E-state index contributed by atoms with van der Waals surface area (Å²) in [6.45, 7) is 0. The van der Waals surface area contributed by atoms with Gasteiger partial charge >= 0.3 is 12.1 Å². The van der Waals surface area contributed by atoms with Gasteiger partial charge in [-0.05, 0) is 12.1 Å². The van der Waals surface area contributed by atoms with Crippen LogP contribution in [0.1, 0.15) is 10.4 Å². The molecule has 5 nitrogen and oxygen atoms in total. The molecule has 0 aliphatic rings. The highest BCUT2D eigenvalue weighted by atomic mass is 19.4. The molecule has 2 rings (SSSR count). The number of halogens is 3. The Balaban J connectivity index is 2.46. The second-order valence-corrected chi connectivity index (χ2v) is 5.14. The van der Waals surface area contributed by atoms with E-state index < -0.39 is 29.9 Å². The third-order valence-corrected chi connectivity index (χ3v) is 3.47. The summed E-state index contributed by atoms with van der Waals surface area (Å²) in [7, 11) is 0.842. The van der Waals surface area contributed by atoms with Gasteiger partial charge in [0.2, 0.25) is 0 Å². The molecule has 1 aromatic carbocycles. The molecule has 132 valence electrons. The zero-order valence-corrected chi connectivity index (χ0v) is 13.2. The molecule has 0 spiro atoms. The number of ether oxygens (including phenoxy) is 1. The molecule has 0 saturated heterocycles. The minimum absolute atomic E-state index is 0.0436. The highest BCUT2D eigenvalue weighted by Crippen LogP contribution is 2.33. The summed E-state index contributed by atoms with van der Waals surface area (Å²) in [6.07, 6.45) is -2.28. The van der Waals surface area contributed by atoms with E-state index in [1.807, 2.05) is 0 Å². The number of carbonyl (C=O) groups excluding carboxylic acids is 2. The Bertz CT molecular complexity index is 721. The number of nitrogens with zero attached hydrogens (tertiary/aromatic N) is 1. The predicted octanol–water partition coefficient (Wildman–Crippen LogP) is 3.10. The van der Waals surface area contributed by atoms with Crippen LogP contribution in [-0.4, -0.2) is 36.1 Å². The van der Waals surface area contributed by atoms with Crippen molar-refractivity contribution >= 4 is 17.4 Å². The largest absolute Gasteiger partial charge is 0.468 e. The molecule has 0 amide bonds. The van der Waals surface area contributed by atoms with Crippen molar-refractivity contribution in [2.24, 2.45) is 5.92 Å². The van der Waals surface area contributed by atoms with E-state index in [1.54, 1.807) is 6.07 Å². The molecular formula is C17H15F3N2O3. The summed E-state index contributed by atoms with van der Waals surface area (Å²) < 4.78 is 44.7. The van der Waals surface area contributed by atoms with Gasteiger partial charge in [-0.15, -0.1) is 0 Å². The standard InChI is InChI=1S/C17H15F3N2O3/c1-25-16(24)13(17(18,19)20)14(22-12-8-5-9-21-10-12)15(23)11-6-3-2-4-7-11/h2-10,13-14,22H,1H3/t13-,14+/m0/s1. The Morgan fingerprint density at radius 2 is 1.80 bits per heavy atom. The maximum Gasteiger partial charge on any atom is 0.404 e. The molecule has 0 bridgehead atoms. The van der Waals surface area contributed by atoms with Gasteiger partial charge in [-0.3, -0.25) is 14.6 Å². The lowest BCUT2D eigenvalue weighted by molar-refractivity contribution is -0.196. The maximum atomic E-state index is 13.5. The molecule has 0 fully saturated rings. The van der Waals surface area contributed by atoms with Gasteiger partial charge in [0.25, 0.3) is 0 Å².